The largest absolute Gasteiger partial charge is 0.389 e. The van der Waals surface area contributed by atoms with E-state index in [-0.39, 0.29) is 0 Å². The molecule has 1 aliphatic heterocycles. The van der Waals surface area contributed by atoms with Gasteiger partial charge < -0.3 is 10.0 Å². The summed E-state index contributed by atoms with van der Waals surface area (Å²) in [5.74, 6) is 1.51. The average Bonchev–Trinajstić information content (AvgIpc) is 2.37. The van der Waals surface area contributed by atoms with Crippen LogP contribution in [-0.2, 0) is 9.84 Å². The molecule has 0 radical (unpaired) electrons. The molecule has 112 valence electrons. The van der Waals surface area contributed by atoms with E-state index < -0.39 is 21.3 Å². The predicted octanol–water partition coefficient (Wildman–Crippen LogP) is 2.43. The number of anilines is 1. The van der Waals surface area contributed by atoms with E-state index in [0.717, 1.165) is 21.5 Å². The van der Waals surface area contributed by atoms with Gasteiger partial charge in [-0.15, -0.1) is 0 Å². The van der Waals surface area contributed by atoms with Gasteiger partial charge in [0.1, 0.15) is 5.37 Å². The van der Waals surface area contributed by atoms with E-state index in [0.29, 0.717) is 12.3 Å². The van der Waals surface area contributed by atoms with E-state index in [1.165, 1.54) is 6.26 Å². The van der Waals surface area contributed by atoms with Crippen LogP contribution >= 0.6 is 27.7 Å². The molecule has 4 nitrogen and oxygen atoms in total. The molecular formula is C13H18BrNO3S2. The molecule has 1 aromatic carbocycles. The first-order valence-corrected chi connectivity index (χ1v) is 10.2. The zero-order valence-corrected chi connectivity index (χ0v) is 14.6. The molecule has 1 fully saturated rings. The second-order valence-electron chi connectivity index (χ2n) is 4.93. The fourth-order valence-electron chi connectivity index (χ4n) is 2.26. The molecule has 2 rings (SSSR count). The van der Waals surface area contributed by atoms with E-state index in [1.54, 1.807) is 18.7 Å². The van der Waals surface area contributed by atoms with Crippen LogP contribution in [0.1, 0.15) is 18.6 Å². The maximum absolute atomic E-state index is 11.9. The molecule has 2 unspecified atom stereocenters. The molecule has 0 spiro atoms. The second-order valence-corrected chi connectivity index (χ2v) is 9.14. The first-order chi connectivity index (χ1) is 9.30. The lowest BCUT2D eigenvalue weighted by molar-refractivity contribution is 0.198. The molecule has 0 bridgehead atoms. The molecule has 0 aromatic heterocycles. The monoisotopic (exact) mass is 379 g/mol. The van der Waals surface area contributed by atoms with Crippen LogP contribution in [0.25, 0.3) is 0 Å². The van der Waals surface area contributed by atoms with E-state index >= 15 is 0 Å². The highest BCUT2D eigenvalue weighted by Gasteiger charge is 2.31. The van der Waals surface area contributed by atoms with Crippen molar-refractivity contribution in [1.29, 1.82) is 0 Å². The number of benzene rings is 1. The highest BCUT2D eigenvalue weighted by atomic mass is 79.9. The SMILES string of the molecule is CC(O)c1ccc(N2CCSCC2S(C)(=O)=O)cc1Br. The van der Waals surface area contributed by atoms with Crippen LogP contribution in [0, 0.1) is 0 Å². The number of thioether (sulfide) groups is 1. The molecule has 1 aromatic rings. The van der Waals surface area contributed by atoms with Gasteiger partial charge in [-0.2, -0.15) is 11.8 Å². The number of rotatable bonds is 3. The Kier molecular flexibility index (Phi) is 5.05. The molecule has 2 atom stereocenters. The molecule has 7 heteroatoms. The number of hydrogen-bond acceptors (Lipinski definition) is 5. The zero-order valence-electron chi connectivity index (χ0n) is 11.4. The third-order valence-corrected chi connectivity index (χ3v) is 6.67. The Bertz CT molecular complexity index is 589. The van der Waals surface area contributed by atoms with E-state index in [1.807, 2.05) is 23.1 Å². The summed E-state index contributed by atoms with van der Waals surface area (Å²) in [6, 6.07) is 5.60. The molecule has 0 aliphatic carbocycles. The lowest BCUT2D eigenvalue weighted by Crippen LogP contribution is -2.47. The van der Waals surface area contributed by atoms with Crippen LogP contribution in [0.2, 0.25) is 0 Å². The summed E-state index contributed by atoms with van der Waals surface area (Å²) >= 11 is 5.11. The maximum atomic E-state index is 11.9. The van der Waals surface area contributed by atoms with Crippen molar-refractivity contribution < 1.29 is 13.5 Å². The summed E-state index contributed by atoms with van der Waals surface area (Å²) in [6.07, 6.45) is 0.733. The minimum atomic E-state index is -3.12. The van der Waals surface area contributed by atoms with Gasteiger partial charge in [-0.3, -0.25) is 0 Å². The van der Waals surface area contributed by atoms with E-state index in [9.17, 15) is 13.5 Å². The lowest BCUT2D eigenvalue weighted by atomic mass is 10.1. The van der Waals surface area contributed by atoms with Gasteiger partial charge in [0.2, 0.25) is 0 Å². The Morgan fingerprint density at radius 1 is 1.50 bits per heavy atom. The van der Waals surface area contributed by atoms with Gasteiger partial charge >= 0.3 is 0 Å². The van der Waals surface area contributed by atoms with Crippen LogP contribution in [-0.4, -0.2) is 43.2 Å². The standard InChI is InChI=1S/C13H18BrNO3S2/c1-9(16)11-4-3-10(7-12(11)14)15-5-6-19-8-13(15)20(2,17)18/h3-4,7,9,13,16H,5-6,8H2,1-2H3. The Morgan fingerprint density at radius 3 is 2.75 bits per heavy atom. The topological polar surface area (TPSA) is 57.6 Å². The minimum Gasteiger partial charge on any atom is -0.389 e. The highest BCUT2D eigenvalue weighted by Crippen LogP contribution is 2.32. The molecular weight excluding hydrogens is 362 g/mol. The van der Waals surface area contributed by atoms with Crippen LogP contribution in [0.15, 0.2) is 22.7 Å². The van der Waals surface area contributed by atoms with Crippen molar-refractivity contribution >= 4 is 43.2 Å². The predicted molar refractivity (Wildman–Crippen MR) is 88.1 cm³/mol. The van der Waals surface area contributed by atoms with Gasteiger partial charge in [-0.05, 0) is 24.6 Å². The van der Waals surface area contributed by atoms with Crippen molar-refractivity contribution in [2.75, 3.05) is 29.2 Å². The van der Waals surface area contributed by atoms with Crippen molar-refractivity contribution in [3.8, 4) is 0 Å². The molecule has 0 saturated carbocycles. The van der Waals surface area contributed by atoms with Crippen LogP contribution in [0.3, 0.4) is 0 Å². The van der Waals surface area contributed by atoms with Gasteiger partial charge in [0.15, 0.2) is 9.84 Å². The van der Waals surface area contributed by atoms with Crippen LogP contribution < -0.4 is 4.90 Å². The second kappa shape index (κ2) is 6.25. The van der Waals surface area contributed by atoms with Crippen molar-refractivity contribution in [3.05, 3.63) is 28.2 Å². The van der Waals surface area contributed by atoms with E-state index in [4.69, 9.17) is 0 Å². The summed E-state index contributed by atoms with van der Waals surface area (Å²) in [5, 5.41) is 9.16. The number of aliphatic hydroxyl groups excluding tert-OH is 1. The van der Waals surface area contributed by atoms with Crippen molar-refractivity contribution in [1.82, 2.24) is 0 Å². The fourth-order valence-corrected chi connectivity index (χ4v) is 5.80. The van der Waals surface area contributed by atoms with Crippen LogP contribution in [0.4, 0.5) is 5.69 Å². The number of sulfone groups is 1. The smallest absolute Gasteiger partial charge is 0.169 e. The van der Waals surface area contributed by atoms with Crippen molar-refractivity contribution in [2.45, 2.75) is 18.4 Å². The van der Waals surface area contributed by atoms with Gasteiger partial charge in [0.25, 0.3) is 0 Å². The molecule has 1 aliphatic rings. The van der Waals surface area contributed by atoms with Crippen molar-refractivity contribution in [2.24, 2.45) is 0 Å². The van der Waals surface area contributed by atoms with Crippen LogP contribution in [0.5, 0.6) is 0 Å². The lowest BCUT2D eigenvalue weighted by Gasteiger charge is -2.36. The number of aliphatic hydroxyl groups is 1. The number of nitrogens with zero attached hydrogens (tertiary/aromatic N) is 1. The molecule has 1 N–H and O–H groups in total. The highest BCUT2D eigenvalue weighted by molar-refractivity contribution is 9.10. The number of hydrogen-bond donors (Lipinski definition) is 1. The van der Waals surface area contributed by atoms with Gasteiger partial charge in [0.05, 0.1) is 6.10 Å². The summed E-state index contributed by atoms with van der Waals surface area (Å²) < 4.78 is 24.6. The molecule has 0 amide bonds. The molecule has 20 heavy (non-hydrogen) atoms. The summed E-state index contributed by atoms with van der Waals surface area (Å²) in [5.41, 5.74) is 1.67. The maximum Gasteiger partial charge on any atom is 0.169 e. The third-order valence-electron chi connectivity index (χ3n) is 3.34. The first kappa shape index (κ1) is 16.1. The quantitative estimate of drug-likeness (QED) is 0.873. The zero-order chi connectivity index (χ0) is 14.9. The Hall–Kier alpha value is -0.240. The Labute approximate surface area is 132 Å². The molecule has 1 heterocycles. The normalized spacial score (nSPS) is 21.8. The first-order valence-electron chi connectivity index (χ1n) is 6.31. The van der Waals surface area contributed by atoms with Gasteiger partial charge in [0, 0.05) is 34.5 Å². The van der Waals surface area contributed by atoms with Gasteiger partial charge in [-0.25, -0.2) is 8.42 Å². The van der Waals surface area contributed by atoms with Gasteiger partial charge in [-0.1, -0.05) is 22.0 Å². The van der Waals surface area contributed by atoms with Crippen molar-refractivity contribution in [3.63, 3.8) is 0 Å². The average molecular weight is 380 g/mol. The van der Waals surface area contributed by atoms with E-state index in [2.05, 4.69) is 15.9 Å². The minimum absolute atomic E-state index is 0.481. The number of halogens is 1. The summed E-state index contributed by atoms with van der Waals surface area (Å²) in [4.78, 5) is 1.93. The summed E-state index contributed by atoms with van der Waals surface area (Å²) in [7, 11) is -3.12. The Balaban J connectivity index is 2.36. The summed E-state index contributed by atoms with van der Waals surface area (Å²) in [6.45, 7) is 2.42. The fraction of sp³-hybridized carbons (Fsp3) is 0.538. The third kappa shape index (κ3) is 3.50. The molecule has 1 saturated heterocycles. The Morgan fingerprint density at radius 2 is 2.20 bits per heavy atom.